The summed E-state index contributed by atoms with van der Waals surface area (Å²) in [5.74, 6) is 0.0454. The van der Waals surface area contributed by atoms with Crippen molar-refractivity contribution >= 4 is 13.5 Å². The molecule has 0 aromatic rings. The lowest BCUT2D eigenvalue weighted by Gasteiger charge is -2.34. The molecule has 7 heteroatoms. The first-order valence-corrected chi connectivity index (χ1v) is 9.67. The molecular formula is C14H29N2O4P. The van der Waals surface area contributed by atoms with Crippen LogP contribution in [0.4, 0.5) is 0 Å². The molecule has 1 rings (SSSR count). The van der Waals surface area contributed by atoms with Gasteiger partial charge in [-0.05, 0) is 46.7 Å². The zero-order chi connectivity index (χ0) is 15.7. The summed E-state index contributed by atoms with van der Waals surface area (Å²) in [4.78, 5) is 14.3. The van der Waals surface area contributed by atoms with Crippen molar-refractivity contribution in [3.8, 4) is 0 Å². The first kappa shape index (κ1) is 18.6. The summed E-state index contributed by atoms with van der Waals surface area (Å²) in [6.45, 7) is 8.80. The Kier molecular flexibility index (Phi) is 8.49. The van der Waals surface area contributed by atoms with E-state index < -0.39 is 7.60 Å². The fourth-order valence-corrected chi connectivity index (χ4v) is 4.28. The van der Waals surface area contributed by atoms with Crippen LogP contribution < -0.4 is 5.32 Å². The molecule has 0 atom stereocenters. The van der Waals surface area contributed by atoms with Gasteiger partial charge in [0.1, 0.15) is 0 Å². The van der Waals surface area contributed by atoms with E-state index in [0.717, 1.165) is 25.9 Å². The van der Waals surface area contributed by atoms with Crippen LogP contribution in [0.2, 0.25) is 0 Å². The Morgan fingerprint density at radius 1 is 1.19 bits per heavy atom. The van der Waals surface area contributed by atoms with Crippen LogP contribution in [0, 0.1) is 0 Å². The third-order valence-electron chi connectivity index (χ3n) is 3.66. The number of rotatable bonds is 9. The van der Waals surface area contributed by atoms with Gasteiger partial charge in [-0.2, -0.15) is 0 Å². The van der Waals surface area contributed by atoms with E-state index in [0.29, 0.717) is 25.8 Å². The van der Waals surface area contributed by atoms with Crippen molar-refractivity contribution in [3.63, 3.8) is 0 Å². The number of carbonyl (C=O) groups is 1. The molecule has 6 nitrogen and oxygen atoms in total. The van der Waals surface area contributed by atoms with E-state index in [-0.39, 0.29) is 18.5 Å². The normalized spacial score (nSPS) is 16.9. The molecule has 1 aliphatic rings. The van der Waals surface area contributed by atoms with Gasteiger partial charge in [-0.1, -0.05) is 0 Å². The third-order valence-corrected chi connectivity index (χ3v) is 5.74. The number of hydrogen-bond acceptors (Lipinski definition) is 5. The quantitative estimate of drug-likeness (QED) is 0.660. The minimum absolute atomic E-state index is 0.0454. The standard InChI is InChI=1S/C14H29N2O4P/c1-4-16(13-7-10-15-11-8-13)14(17)9-12-21(18,19-5-2)20-6-3/h13,15H,4-12H2,1-3H3. The Morgan fingerprint density at radius 3 is 2.24 bits per heavy atom. The van der Waals surface area contributed by atoms with Crippen LogP contribution in [-0.2, 0) is 18.4 Å². The predicted molar refractivity (Wildman–Crippen MR) is 83.6 cm³/mol. The lowest BCUT2D eigenvalue weighted by atomic mass is 10.0. The molecule has 1 fully saturated rings. The van der Waals surface area contributed by atoms with E-state index in [1.165, 1.54) is 0 Å². The molecule has 1 aliphatic heterocycles. The molecule has 21 heavy (non-hydrogen) atoms. The minimum Gasteiger partial charge on any atom is -0.340 e. The van der Waals surface area contributed by atoms with Gasteiger partial charge in [-0.25, -0.2) is 0 Å². The Bertz CT molecular complexity index is 349. The summed E-state index contributed by atoms with van der Waals surface area (Å²) in [5, 5.41) is 3.30. The number of hydrogen-bond donors (Lipinski definition) is 1. The summed E-state index contributed by atoms with van der Waals surface area (Å²) < 4.78 is 22.8. The van der Waals surface area contributed by atoms with Gasteiger partial charge < -0.3 is 19.3 Å². The molecule has 0 bridgehead atoms. The molecule has 0 aromatic heterocycles. The SMILES string of the molecule is CCOP(=O)(CCC(=O)N(CC)C1CCNCC1)OCC. The van der Waals surface area contributed by atoms with Gasteiger partial charge in [-0.3, -0.25) is 9.36 Å². The predicted octanol–water partition coefficient (Wildman–Crippen LogP) is 2.24. The van der Waals surface area contributed by atoms with Crippen molar-refractivity contribution in [2.45, 2.75) is 46.1 Å². The van der Waals surface area contributed by atoms with E-state index in [1.54, 1.807) is 13.8 Å². The first-order valence-electron chi connectivity index (χ1n) is 7.94. The summed E-state index contributed by atoms with van der Waals surface area (Å²) in [6.07, 6.45) is 2.34. The van der Waals surface area contributed by atoms with Crippen molar-refractivity contribution in [3.05, 3.63) is 0 Å². The Morgan fingerprint density at radius 2 is 1.76 bits per heavy atom. The van der Waals surface area contributed by atoms with Gasteiger partial charge in [0.2, 0.25) is 5.91 Å². The molecule has 0 unspecified atom stereocenters. The Hall–Kier alpha value is -0.420. The number of carbonyl (C=O) groups excluding carboxylic acids is 1. The van der Waals surface area contributed by atoms with Crippen LogP contribution in [0.25, 0.3) is 0 Å². The van der Waals surface area contributed by atoms with Crippen LogP contribution in [-0.4, -0.2) is 55.9 Å². The summed E-state index contributed by atoms with van der Waals surface area (Å²) in [6, 6.07) is 0.294. The summed E-state index contributed by atoms with van der Waals surface area (Å²) in [5.41, 5.74) is 0. The fourth-order valence-electron chi connectivity index (χ4n) is 2.69. The zero-order valence-corrected chi connectivity index (χ0v) is 14.4. The maximum Gasteiger partial charge on any atom is 0.331 e. The number of amides is 1. The van der Waals surface area contributed by atoms with Gasteiger partial charge >= 0.3 is 7.60 Å². The monoisotopic (exact) mass is 320 g/mol. The molecule has 1 N–H and O–H groups in total. The highest BCUT2D eigenvalue weighted by molar-refractivity contribution is 7.53. The highest BCUT2D eigenvalue weighted by Crippen LogP contribution is 2.48. The lowest BCUT2D eigenvalue weighted by molar-refractivity contribution is -0.133. The fraction of sp³-hybridized carbons (Fsp3) is 0.929. The molecule has 1 amide bonds. The van der Waals surface area contributed by atoms with Crippen molar-refractivity contribution in [1.29, 1.82) is 0 Å². The van der Waals surface area contributed by atoms with Crippen LogP contribution in [0.5, 0.6) is 0 Å². The van der Waals surface area contributed by atoms with Gasteiger partial charge in [0.15, 0.2) is 0 Å². The van der Waals surface area contributed by atoms with E-state index >= 15 is 0 Å². The molecule has 124 valence electrons. The summed E-state index contributed by atoms with van der Waals surface area (Å²) >= 11 is 0. The first-order chi connectivity index (χ1) is 10.1. The third kappa shape index (κ3) is 6.07. The van der Waals surface area contributed by atoms with Crippen LogP contribution in [0.1, 0.15) is 40.0 Å². The molecular weight excluding hydrogens is 291 g/mol. The van der Waals surface area contributed by atoms with Gasteiger partial charge in [0, 0.05) is 19.0 Å². The number of nitrogens with zero attached hydrogens (tertiary/aromatic N) is 1. The average molecular weight is 320 g/mol. The van der Waals surface area contributed by atoms with E-state index in [1.807, 2.05) is 11.8 Å². The van der Waals surface area contributed by atoms with Crippen LogP contribution >= 0.6 is 7.60 Å². The molecule has 0 aliphatic carbocycles. The number of piperidine rings is 1. The van der Waals surface area contributed by atoms with Crippen molar-refractivity contribution < 1.29 is 18.4 Å². The average Bonchev–Trinajstić information content (AvgIpc) is 2.48. The van der Waals surface area contributed by atoms with E-state index in [2.05, 4.69) is 5.32 Å². The van der Waals surface area contributed by atoms with Gasteiger partial charge in [0.25, 0.3) is 0 Å². The second-order valence-electron chi connectivity index (χ2n) is 5.08. The van der Waals surface area contributed by atoms with Crippen LogP contribution in [0.3, 0.4) is 0 Å². The van der Waals surface area contributed by atoms with Crippen molar-refractivity contribution in [1.82, 2.24) is 10.2 Å². The molecule has 1 saturated heterocycles. The van der Waals surface area contributed by atoms with Crippen molar-refractivity contribution in [2.75, 3.05) is 39.0 Å². The van der Waals surface area contributed by atoms with Crippen molar-refractivity contribution in [2.24, 2.45) is 0 Å². The second-order valence-corrected chi connectivity index (χ2v) is 7.27. The van der Waals surface area contributed by atoms with E-state index in [9.17, 15) is 9.36 Å². The highest BCUT2D eigenvalue weighted by Gasteiger charge is 2.28. The smallest absolute Gasteiger partial charge is 0.331 e. The zero-order valence-electron chi connectivity index (χ0n) is 13.5. The van der Waals surface area contributed by atoms with Crippen LogP contribution in [0.15, 0.2) is 0 Å². The summed E-state index contributed by atoms with van der Waals surface area (Å²) in [7, 11) is -3.12. The topological polar surface area (TPSA) is 67.9 Å². The number of nitrogens with one attached hydrogen (secondary N) is 1. The lowest BCUT2D eigenvalue weighted by Crippen LogP contribution is -2.46. The highest BCUT2D eigenvalue weighted by atomic mass is 31.2. The molecule has 0 saturated carbocycles. The maximum atomic E-state index is 12.4. The molecule has 0 radical (unpaired) electrons. The largest absolute Gasteiger partial charge is 0.340 e. The molecule has 0 spiro atoms. The van der Waals surface area contributed by atoms with E-state index in [4.69, 9.17) is 9.05 Å². The molecule has 0 aromatic carbocycles. The maximum absolute atomic E-state index is 12.4. The minimum atomic E-state index is -3.12. The Labute approximate surface area is 128 Å². The van der Waals surface area contributed by atoms with Gasteiger partial charge in [-0.15, -0.1) is 0 Å². The Balaban J connectivity index is 2.54. The van der Waals surface area contributed by atoms with Gasteiger partial charge in [0.05, 0.1) is 19.4 Å². The second kappa shape index (κ2) is 9.57. The molecule has 1 heterocycles.